The van der Waals surface area contributed by atoms with E-state index in [4.69, 9.17) is 10.5 Å². The third kappa shape index (κ3) is 3.34. The van der Waals surface area contributed by atoms with E-state index in [1.165, 1.54) is 36.1 Å². The minimum absolute atomic E-state index is 0.0959. The Bertz CT molecular complexity index is 774. The number of anilines is 1. The number of primary amides is 1. The first-order valence-electron chi connectivity index (χ1n) is 7.02. The van der Waals surface area contributed by atoms with Gasteiger partial charge in [-0.05, 0) is 19.1 Å². The molecule has 24 heavy (non-hydrogen) atoms. The zero-order valence-corrected chi connectivity index (χ0v) is 13.0. The molecule has 0 bridgehead atoms. The number of nitrogens with zero attached hydrogens (tertiary/aromatic N) is 2. The largest absolute Gasteiger partial charge is 0.493 e. The molecule has 2 amide bonds. The van der Waals surface area contributed by atoms with E-state index < -0.39 is 23.3 Å². The summed E-state index contributed by atoms with van der Waals surface area (Å²) in [6, 6.07) is 5.34. The normalized spacial score (nSPS) is 11.2. The summed E-state index contributed by atoms with van der Waals surface area (Å²) in [5, 5.41) is 5.71. The number of hydrogen-bond acceptors (Lipinski definition) is 4. The molecule has 7 nitrogen and oxygen atoms in total. The van der Waals surface area contributed by atoms with Crippen LogP contribution in [0, 0.1) is 0 Å². The molecule has 0 aliphatic carbocycles. The lowest BCUT2D eigenvalue weighted by Crippen LogP contribution is -2.33. The molecule has 128 valence electrons. The van der Waals surface area contributed by atoms with Crippen LogP contribution in [0.2, 0.25) is 0 Å². The van der Waals surface area contributed by atoms with Crippen molar-refractivity contribution >= 4 is 17.5 Å². The smallest absolute Gasteiger partial charge is 0.353 e. The molecule has 1 aromatic heterocycles. The third-order valence-corrected chi connectivity index (χ3v) is 3.12. The molecule has 0 spiro atoms. The zero-order valence-electron chi connectivity index (χ0n) is 13.0. The summed E-state index contributed by atoms with van der Waals surface area (Å²) < 4.78 is 35.4. The molecule has 0 radical (unpaired) electrons. The molecule has 0 saturated carbocycles. The molecule has 0 atom stereocenters. The van der Waals surface area contributed by atoms with E-state index in [2.05, 4.69) is 5.10 Å². The summed E-state index contributed by atoms with van der Waals surface area (Å²) in [5.41, 5.74) is 4.04. The molecule has 1 aromatic carbocycles. The van der Waals surface area contributed by atoms with Gasteiger partial charge < -0.3 is 15.8 Å². The Balaban J connectivity index is 2.33. The van der Waals surface area contributed by atoms with Crippen LogP contribution in [0.15, 0.2) is 30.5 Å². The lowest BCUT2D eigenvalue weighted by molar-refractivity contribution is -0.141. The number of nitrogens with one attached hydrogen (secondary N) is 1. The van der Waals surface area contributed by atoms with Crippen LogP contribution in [0.4, 0.5) is 14.5 Å². The van der Waals surface area contributed by atoms with Gasteiger partial charge in [0.15, 0.2) is 5.69 Å². The number of amides is 2. The van der Waals surface area contributed by atoms with Crippen LogP contribution in [0.25, 0.3) is 0 Å². The number of carbonyl (C=O) groups is 2. The molecular weight excluding hydrogens is 322 g/mol. The summed E-state index contributed by atoms with van der Waals surface area (Å²) in [4.78, 5) is 23.3. The number of aryl methyl sites for hydroxylation is 1. The molecule has 0 aliphatic rings. The maximum atomic E-state index is 14.5. The maximum absolute atomic E-state index is 14.5. The van der Waals surface area contributed by atoms with Crippen molar-refractivity contribution in [1.82, 2.24) is 9.78 Å². The summed E-state index contributed by atoms with van der Waals surface area (Å²) in [6.45, 7) is 1.81. The van der Waals surface area contributed by atoms with Gasteiger partial charge in [-0.2, -0.15) is 13.9 Å². The molecule has 0 saturated heterocycles. The lowest BCUT2D eigenvalue weighted by Gasteiger charge is -2.19. The van der Waals surface area contributed by atoms with E-state index in [0.717, 1.165) is 6.07 Å². The van der Waals surface area contributed by atoms with Crippen molar-refractivity contribution < 1.29 is 23.1 Å². The van der Waals surface area contributed by atoms with Gasteiger partial charge in [0.2, 0.25) is 0 Å². The van der Waals surface area contributed by atoms with Gasteiger partial charge in [-0.25, -0.2) is 0 Å². The number of halogens is 2. The topological polar surface area (TPSA) is 99.2 Å². The van der Waals surface area contributed by atoms with Gasteiger partial charge in [0, 0.05) is 13.2 Å². The molecule has 1 heterocycles. The predicted octanol–water partition coefficient (Wildman–Crippen LogP) is 1.65. The lowest BCUT2D eigenvalue weighted by atomic mass is 10.1. The van der Waals surface area contributed by atoms with Gasteiger partial charge in [0.25, 0.3) is 11.8 Å². The summed E-state index contributed by atoms with van der Waals surface area (Å²) in [7, 11) is 1.46. The summed E-state index contributed by atoms with van der Waals surface area (Å²) in [6.07, 6.45) is 1.21. The number of para-hydroxylation sites is 1. The van der Waals surface area contributed by atoms with Crippen molar-refractivity contribution in [2.45, 2.75) is 12.8 Å². The molecule has 3 N–H and O–H groups in total. The third-order valence-electron chi connectivity index (χ3n) is 3.12. The van der Waals surface area contributed by atoms with Crippen LogP contribution in [0.5, 0.6) is 5.75 Å². The van der Waals surface area contributed by atoms with E-state index in [1.54, 1.807) is 6.92 Å². The van der Waals surface area contributed by atoms with Crippen molar-refractivity contribution in [3.63, 3.8) is 0 Å². The first-order chi connectivity index (χ1) is 11.3. The number of nitrogens with two attached hydrogens (primary N) is 1. The molecule has 0 fully saturated rings. The average molecular weight is 338 g/mol. The Morgan fingerprint density at radius 1 is 1.38 bits per heavy atom. The number of aromatic nitrogens is 2. The van der Waals surface area contributed by atoms with Crippen LogP contribution in [0.3, 0.4) is 0 Å². The average Bonchev–Trinajstić information content (AvgIpc) is 2.89. The number of ether oxygens (including phenoxy) is 1. The van der Waals surface area contributed by atoms with Crippen LogP contribution in [0.1, 0.15) is 23.0 Å². The molecule has 9 heteroatoms. The Hall–Kier alpha value is -2.97. The first-order valence-corrected chi connectivity index (χ1v) is 7.02. The number of alkyl halides is 2. The van der Waals surface area contributed by atoms with E-state index in [-0.39, 0.29) is 23.7 Å². The highest BCUT2D eigenvalue weighted by molar-refractivity contribution is 6.03. The van der Waals surface area contributed by atoms with Gasteiger partial charge in [0.1, 0.15) is 5.75 Å². The van der Waals surface area contributed by atoms with Crippen molar-refractivity contribution in [2.75, 3.05) is 11.9 Å². The SMILES string of the molecule is CCOc1ccccc1C(F)(F)C(=O)Nc1cn(C)nc1C(N)=O. The number of hydrogen-bond donors (Lipinski definition) is 2. The van der Waals surface area contributed by atoms with Crippen LogP contribution >= 0.6 is 0 Å². The number of benzene rings is 1. The summed E-state index contributed by atoms with van der Waals surface area (Å²) in [5.74, 6) is -6.54. The van der Waals surface area contributed by atoms with Crippen molar-refractivity contribution in [1.29, 1.82) is 0 Å². The Morgan fingerprint density at radius 3 is 2.67 bits per heavy atom. The fourth-order valence-electron chi connectivity index (χ4n) is 2.09. The fraction of sp³-hybridized carbons (Fsp3) is 0.267. The summed E-state index contributed by atoms with van der Waals surface area (Å²) >= 11 is 0. The van der Waals surface area contributed by atoms with E-state index in [1.807, 2.05) is 5.32 Å². The predicted molar refractivity (Wildman–Crippen MR) is 81.9 cm³/mol. The second kappa shape index (κ2) is 6.65. The highest BCUT2D eigenvalue weighted by Crippen LogP contribution is 2.36. The van der Waals surface area contributed by atoms with Crippen LogP contribution < -0.4 is 15.8 Å². The minimum Gasteiger partial charge on any atom is -0.493 e. The zero-order chi connectivity index (χ0) is 17.9. The minimum atomic E-state index is -3.88. The first kappa shape index (κ1) is 17.4. The van der Waals surface area contributed by atoms with Gasteiger partial charge in [0.05, 0.1) is 17.9 Å². The van der Waals surface area contributed by atoms with E-state index >= 15 is 0 Å². The second-order valence-corrected chi connectivity index (χ2v) is 4.89. The Kier molecular flexibility index (Phi) is 4.82. The van der Waals surface area contributed by atoms with Crippen molar-refractivity contribution in [2.24, 2.45) is 12.8 Å². The van der Waals surface area contributed by atoms with Gasteiger partial charge in [-0.1, -0.05) is 12.1 Å². The monoisotopic (exact) mass is 338 g/mol. The molecule has 2 aromatic rings. The van der Waals surface area contributed by atoms with Crippen LogP contribution in [-0.2, 0) is 17.8 Å². The quantitative estimate of drug-likeness (QED) is 0.836. The van der Waals surface area contributed by atoms with Gasteiger partial charge in [-0.15, -0.1) is 0 Å². The standard InChI is InChI=1S/C15H16F2N4O3/c1-3-24-11-7-5-4-6-9(11)15(16,17)14(23)19-10-8-21(2)20-12(10)13(18)22/h4-8H,3H2,1-2H3,(H2,18,22)(H,19,23). The molecule has 0 aliphatic heterocycles. The van der Waals surface area contributed by atoms with Crippen molar-refractivity contribution in [3.05, 3.63) is 41.7 Å². The Labute approximate surface area is 136 Å². The highest BCUT2D eigenvalue weighted by Gasteiger charge is 2.43. The Morgan fingerprint density at radius 2 is 2.04 bits per heavy atom. The van der Waals surface area contributed by atoms with Crippen molar-refractivity contribution in [3.8, 4) is 5.75 Å². The molecule has 0 unspecified atom stereocenters. The highest BCUT2D eigenvalue weighted by atomic mass is 19.3. The van der Waals surface area contributed by atoms with Gasteiger partial charge in [-0.3, -0.25) is 14.3 Å². The molecular formula is C15H16F2N4O3. The number of rotatable bonds is 6. The second-order valence-electron chi connectivity index (χ2n) is 4.89. The van der Waals surface area contributed by atoms with Gasteiger partial charge >= 0.3 is 5.92 Å². The van der Waals surface area contributed by atoms with E-state index in [0.29, 0.717) is 0 Å². The number of carbonyl (C=O) groups excluding carboxylic acids is 2. The maximum Gasteiger partial charge on any atom is 0.353 e. The van der Waals surface area contributed by atoms with Crippen LogP contribution in [-0.4, -0.2) is 28.2 Å². The molecule has 2 rings (SSSR count). The fourth-order valence-corrected chi connectivity index (χ4v) is 2.09. The van der Waals surface area contributed by atoms with E-state index in [9.17, 15) is 18.4 Å².